The monoisotopic (exact) mass is 271 g/mol. The highest BCUT2D eigenvalue weighted by Crippen LogP contribution is 2.20. The van der Waals surface area contributed by atoms with Crippen LogP contribution in [0, 0.1) is 6.92 Å². The maximum absolute atomic E-state index is 11.5. The molecule has 0 aliphatic carbocycles. The van der Waals surface area contributed by atoms with E-state index < -0.39 is 11.9 Å². The summed E-state index contributed by atoms with van der Waals surface area (Å²) in [5.74, 6) is -0.427. The van der Waals surface area contributed by atoms with Crippen LogP contribution in [0.25, 0.3) is 0 Å². The highest BCUT2D eigenvalue weighted by molar-refractivity contribution is 9.10. The van der Waals surface area contributed by atoms with Gasteiger partial charge in [-0.25, -0.2) is 10.2 Å². The van der Waals surface area contributed by atoms with Crippen molar-refractivity contribution >= 4 is 27.9 Å². The van der Waals surface area contributed by atoms with Crippen LogP contribution in [-0.4, -0.2) is 11.9 Å². The van der Waals surface area contributed by atoms with Gasteiger partial charge >= 0.3 is 6.03 Å². The number of primary amides is 1. The Kier molecular flexibility index (Phi) is 3.68. The number of hydrogen-bond acceptors (Lipinski definition) is 2. The molecule has 0 unspecified atom stereocenters. The van der Waals surface area contributed by atoms with E-state index in [1.54, 1.807) is 12.1 Å². The molecule has 0 spiro atoms. The lowest BCUT2D eigenvalue weighted by molar-refractivity contribution is 0.0936. The SMILES string of the molecule is Cc1cccc(C(=O)NNC(N)=O)c1Br. The fourth-order valence-electron chi connectivity index (χ4n) is 1.01. The van der Waals surface area contributed by atoms with E-state index in [-0.39, 0.29) is 0 Å². The number of aryl methyl sites for hydroxylation is 1. The highest BCUT2D eigenvalue weighted by Gasteiger charge is 2.10. The van der Waals surface area contributed by atoms with Crippen molar-refractivity contribution in [2.24, 2.45) is 5.73 Å². The number of carbonyl (C=O) groups excluding carboxylic acids is 2. The van der Waals surface area contributed by atoms with E-state index in [0.717, 1.165) is 5.56 Å². The topological polar surface area (TPSA) is 84.2 Å². The average molecular weight is 272 g/mol. The van der Waals surface area contributed by atoms with Crippen LogP contribution in [-0.2, 0) is 0 Å². The molecule has 0 aliphatic rings. The Bertz CT molecular complexity index is 406. The van der Waals surface area contributed by atoms with E-state index in [1.165, 1.54) is 0 Å². The third kappa shape index (κ3) is 2.95. The zero-order valence-electron chi connectivity index (χ0n) is 8.00. The first-order chi connectivity index (χ1) is 7.02. The molecule has 0 bridgehead atoms. The minimum absolute atomic E-state index is 0.427. The second kappa shape index (κ2) is 4.79. The summed E-state index contributed by atoms with van der Waals surface area (Å²) >= 11 is 3.28. The molecule has 0 saturated heterocycles. The maximum Gasteiger partial charge on any atom is 0.330 e. The van der Waals surface area contributed by atoms with Gasteiger partial charge in [0.05, 0.1) is 5.56 Å². The van der Waals surface area contributed by atoms with Crippen molar-refractivity contribution in [3.63, 3.8) is 0 Å². The number of carbonyl (C=O) groups is 2. The van der Waals surface area contributed by atoms with Crippen molar-refractivity contribution in [1.29, 1.82) is 0 Å². The highest BCUT2D eigenvalue weighted by atomic mass is 79.9. The molecule has 0 atom stereocenters. The first-order valence-corrected chi connectivity index (χ1v) is 4.92. The van der Waals surface area contributed by atoms with E-state index in [2.05, 4.69) is 21.4 Å². The van der Waals surface area contributed by atoms with Gasteiger partial charge < -0.3 is 5.73 Å². The van der Waals surface area contributed by atoms with Crippen molar-refractivity contribution in [3.05, 3.63) is 33.8 Å². The minimum Gasteiger partial charge on any atom is -0.350 e. The summed E-state index contributed by atoms with van der Waals surface area (Å²) in [6, 6.07) is 4.43. The van der Waals surface area contributed by atoms with Gasteiger partial charge in [-0.05, 0) is 34.5 Å². The lowest BCUT2D eigenvalue weighted by atomic mass is 10.1. The second-order valence-corrected chi connectivity index (χ2v) is 3.67. The van der Waals surface area contributed by atoms with Crippen LogP contribution in [0.1, 0.15) is 15.9 Å². The standard InChI is InChI=1S/C9H10BrN3O2/c1-5-3-2-4-6(7(5)10)8(14)12-13-9(11)15/h2-4H,1H3,(H,12,14)(H3,11,13,15). The third-order valence-electron chi connectivity index (χ3n) is 1.74. The quantitative estimate of drug-likeness (QED) is 0.668. The lowest BCUT2D eigenvalue weighted by Crippen LogP contribution is -2.44. The van der Waals surface area contributed by atoms with E-state index in [4.69, 9.17) is 5.73 Å². The van der Waals surface area contributed by atoms with Crippen LogP contribution in [0.4, 0.5) is 4.79 Å². The van der Waals surface area contributed by atoms with E-state index in [0.29, 0.717) is 10.0 Å². The number of hydrogen-bond donors (Lipinski definition) is 3. The Morgan fingerprint density at radius 3 is 2.60 bits per heavy atom. The molecular weight excluding hydrogens is 262 g/mol. The summed E-state index contributed by atoms with van der Waals surface area (Å²) in [5.41, 5.74) is 10.4. The lowest BCUT2D eigenvalue weighted by Gasteiger charge is -2.07. The van der Waals surface area contributed by atoms with Gasteiger partial charge in [0, 0.05) is 4.47 Å². The molecule has 0 aromatic heterocycles. The second-order valence-electron chi connectivity index (χ2n) is 2.88. The third-order valence-corrected chi connectivity index (χ3v) is 2.79. The van der Waals surface area contributed by atoms with Gasteiger partial charge in [0.25, 0.3) is 5.91 Å². The summed E-state index contributed by atoms with van der Waals surface area (Å²) in [4.78, 5) is 21.9. The molecule has 15 heavy (non-hydrogen) atoms. The van der Waals surface area contributed by atoms with Crippen LogP contribution in [0.5, 0.6) is 0 Å². The van der Waals surface area contributed by atoms with E-state index in [9.17, 15) is 9.59 Å². The molecular formula is C9H10BrN3O2. The first-order valence-electron chi connectivity index (χ1n) is 4.13. The van der Waals surface area contributed by atoms with Gasteiger partial charge in [0.2, 0.25) is 0 Å². The Morgan fingerprint density at radius 1 is 1.33 bits per heavy atom. The Morgan fingerprint density at radius 2 is 2.00 bits per heavy atom. The van der Waals surface area contributed by atoms with Crippen molar-refractivity contribution in [2.75, 3.05) is 0 Å². The molecule has 0 radical (unpaired) electrons. The zero-order valence-corrected chi connectivity index (χ0v) is 9.59. The fraction of sp³-hybridized carbons (Fsp3) is 0.111. The van der Waals surface area contributed by atoms with Gasteiger partial charge in [0.1, 0.15) is 0 Å². The predicted molar refractivity (Wildman–Crippen MR) is 59.1 cm³/mol. The number of nitrogens with one attached hydrogen (secondary N) is 2. The number of amides is 3. The predicted octanol–water partition coefficient (Wildman–Crippen LogP) is 1.07. The Labute approximate surface area is 95.1 Å². The molecule has 6 heteroatoms. The maximum atomic E-state index is 11.5. The normalized spacial score (nSPS) is 9.47. The van der Waals surface area contributed by atoms with Gasteiger partial charge in [-0.3, -0.25) is 10.2 Å². The summed E-state index contributed by atoms with van der Waals surface area (Å²) in [7, 11) is 0. The molecule has 4 N–H and O–H groups in total. The molecule has 80 valence electrons. The number of nitrogens with two attached hydrogens (primary N) is 1. The molecule has 0 aliphatic heterocycles. The summed E-state index contributed by atoms with van der Waals surface area (Å²) < 4.78 is 0.689. The number of benzene rings is 1. The van der Waals surface area contributed by atoms with Crippen molar-refractivity contribution in [3.8, 4) is 0 Å². The Hall–Kier alpha value is -1.56. The van der Waals surface area contributed by atoms with Crippen molar-refractivity contribution in [2.45, 2.75) is 6.92 Å². The molecule has 0 heterocycles. The Balaban J connectivity index is 2.82. The fourth-order valence-corrected chi connectivity index (χ4v) is 1.45. The average Bonchev–Trinajstić information content (AvgIpc) is 2.18. The van der Waals surface area contributed by atoms with Gasteiger partial charge in [-0.15, -0.1) is 0 Å². The molecule has 3 amide bonds. The van der Waals surface area contributed by atoms with Crippen LogP contribution >= 0.6 is 15.9 Å². The van der Waals surface area contributed by atoms with Crippen LogP contribution in [0.15, 0.2) is 22.7 Å². The van der Waals surface area contributed by atoms with Crippen molar-refractivity contribution < 1.29 is 9.59 Å². The smallest absolute Gasteiger partial charge is 0.330 e. The minimum atomic E-state index is -0.813. The first kappa shape index (κ1) is 11.5. The van der Waals surface area contributed by atoms with Gasteiger partial charge in [-0.2, -0.15) is 0 Å². The number of halogens is 1. The van der Waals surface area contributed by atoms with Crippen LogP contribution in [0.2, 0.25) is 0 Å². The molecule has 1 rings (SSSR count). The van der Waals surface area contributed by atoms with Crippen LogP contribution in [0.3, 0.4) is 0 Å². The summed E-state index contributed by atoms with van der Waals surface area (Å²) in [5, 5.41) is 0. The van der Waals surface area contributed by atoms with Gasteiger partial charge in [-0.1, -0.05) is 12.1 Å². The molecule has 0 saturated carbocycles. The van der Waals surface area contributed by atoms with E-state index >= 15 is 0 Å². The molecule has 1 aromatic rings. The molecule has 5 nitrogen and oxygen atoms in total. The molecule has 0 fully saturated rings. The van der Waals surface area contributed by atoms with E-state index in [1.807, 2.05) is 18.4 Å². The van der Waals surface area contributed by atoms with Gasteiger partial charge in [0.15, 0.2) is 0 Å². The molecule has 1 aromatic carbocycles. The zero-order chi connectivity index (χ0) is 11.4. The van der Waals surface area contributed by atoms with Crippen LogP contribution < -0.4 is 16.6 Å². The number of rotatable bonds is 1. The summed E-state index contributed by atoms with van der Waals surface area (Å²) in [6.45, 7) is 1.86. The summed E-state index contributed by atoms with van der Waals surface area (Å²) in [6.07, 6.45) is 0. The number of urea groups is 1. The van der Waals surface area contributed by atoms with Crippen molar-refractivity contribution in [1.82, 2.24) is 10.9 Å². The number of hydrazine groups is 1. The largest absolute Gasteiger partial charge is 0.350 e.